The molecule has 2 rings (SSSR count). The van der Waals surface area contributed by atoms with E-state index in [2.05, 4.69) is 0 Å². The first-order chi connectivity index (χ1) is 11.4. The van der Waals surface area contributed by atoms with Gasteiger partial charge in [-0.2, -0.15) is 0 Å². The molecule has 0 saturated carbocycles. The van der Waals surface area contributed by atoms with Crippen molar-refractivity contribution in [2.75, 3.05) is 13.2 Å². The summed E-state index contributed by atoms with van der Waals surface area (Å²) in [5.41, 5.74) is 0.106. The zero-order valence-electron chi connectivity index (χ0n) is 12.9. The summed E-state index contributed by atoms with van der Waals surface area (Å²) in [5.74, 6) is -1.15. The fourth-order valence-electron chi connectivity index (χ4n) is 2.24. The van der Waals surface area contributed by atoms with Crippen molar-refractivity contribution in [3.8, 4) is 11.5 Å². The van der Waals surface area contributed by atoms with Gasteiger partial charge in [-0.05, 0) is 25.1 Å². The molecular formula is C15H20O9. The lowest BCUT2D eigenvalue weighted by Gasteiger charge is -2.39. The Morgan fingerprint density at radius 1 is 1.21 bits per heavy atom. The van der Waals surface area contributed by atoms with Crippen LogP contribution in [0.4, 0.5) is 0 Å². The minimum absolute atomic E-state index is 0.106. The topological polar surface area (TPSA) is 146 Å². The van der Waals surface area contributed by atoms with Crippen LogP contribution in [0.5, 0.6) is 11.5 Å². The monoisotopic (exact) mass is 344 g/mol. The van der Waals surface area contributed by atoms with Gasteiger partial charge in [-0.15, -0.1) is 0 Å². The van der Waals surface area contributed by atoms with Crippen molar-refractivity contribution in [2.24, 2.45) is 0 Å². The smallest absolute Gasteiger partial charge is 0.338 e. The quantitative estimate of drug-likeness (QED) is 0.413. The highest BCUT2D eigenvalue weighted by atomic mass is 16.7. The van der Waals surface area contributed by atoms with Crippen LogP contribution in [0.15, 0.2) is 18.2 Å². The number of aliphatic hydroxyl groups is 4. The lowest BCUT2D eigenvalue weighted by molar-refractivity contribution is -0.277. The largest absolute Gasteiger partial charge is 0.504 e. The molecule has 134 valence electrons. The Hall–Kier alpha value is -1.91. The van der Waals surface area contributed by atoms with E-state index in [0.717, 1.165) is 0 Å². The number of benzene rings is 1. The normalized spacial score (nSPS) is 30.0. The van der Waals surface area contributed by atoms with E-state index >= 15 is 0 Å². The number of carbonyl (C=O) groups is 1. The van der Waals surface area contributed by atoms with Crippen LogP contribution >= 0.6 is 0 Å². The van der Waals surface area contributed by atoms with Gasteiger partial charge in [-0.1, -0.05) is 0 Å². The summed E-state index contributed by atoms with van der Waals surface area (Å²) in [4.78, 5) is 11.7. The highest BCUT2D eigenvalue weighted by molar-refractivity contribution is 5.90. The Kier molecular flexibility index (Phi) is 5.97. The van der Waals surface area contributed by atoms with Crippen LogP contribution in [0.3, 0.4) is 0 Å². The zero-order valence-corrected chi connectivity index (χ0v) is 12.9. The molecule has 0 radical (unpaired) electrons. The van der Waals surface area contributed by atoms with Gasteiger partial charge in [0.15, 0.2) is 11.5 Å². The van der Waals surface area contributed by atoms with Crippen molar-refractivity contribution in [1.82, 2.24) is 0 Å². The number of rotatable bonds is 5. The van der Waals surface area contributed by atoms with Crippen LogP contribution in [0.25, 0.3) is 0 Å². The molecule has 1 aromatic carbocycles. The van der Waals surface area contributed by atoms with Crippen LogP contribution in [0, 0.1) is 0 Å². The standard InChI is InChI=1S/C15H20O9/c1-2-22-14(21)7-3-4-8(17)9(5-7)23-15-13(20)12(19)11(18)10(6-16)24-15/h3-5,10-13,15-20H,2,6H2,1H3/t10-,11-,12+,13-,15?/m1/s1. The number of carbonyl (C=O) groups excluding carboxylic acids is 1. The second-order valence-corrected chi connectivity index (χ2v) is 5.22. The highest BCUT2D eigenvalue weighted by Crippen LogP contribution is 2.31. The van der Waals surface area contributed by atoms with Crippen molar-refractivity contribution in [1.29, 1.82) is 0 Å². The molecule has 1 aliphatic rings. The first kappa shape index (κ1) is 18.4. The van der Waals surface area contributed by atoms with E-state index in [1.165, 1.54) is 18.2 Å². The number of aromatic hydroxyl groups is 1. The Labute approximate surface area is 137 Å². The maximum atomic E-state index is 11.7. The number of esters is 1. The molecule has 1 aromatic rings. The molecule has 0 spiro atoms. The SMILES string of the molecule is CCOC(=O)c1ccc(O)c(OC2O[C@H](CO)[C@@H](O)[C@H](O)[C@H]2O)c1. The summed E-state index contributed by atoms with van der Waals surface area (Å²) in [6.07, 6.45) is -7.39. The van der Waals surface area contributed by atoms with E-state index in [4.69, 9.17) is 19.3 Å². The summed E-state index contributed by atoms with van der Waals surface area (Å²) in [6.45, 7) is 1.20. The predicted octanol–water partition coefficient (Wildman–Crippen LogP) is -1.25. The van der Waals surface area contributed by atoms with Crippen LogP contribution in [-0.4, -0.2) is 75.4 Å². The molecule has 0 aliphatic carbocycles. The summed E-state index contributed by atoms with van der Waals surface area (Å²) in [6, 6.07) is 3.72. The summed E-state index contributed by atoms with van der Waals surface area (Å²) >= 11 is 0. The molecule has 24 heavy (non-hydrogen) atoms. The summed E-state index contributed by atoms with van der Waals surface area (Å²) in [5, 5.41) is 48.3. The van der Waals surface area contributed by atoms with Crippen LogP contribution in [-0.2, 0) is 9.47 Å². The number of hydrogen-bond acceptors (Lipinski definition) is 9. The molecular weight excluding hydrogens is 324 g/mol. The van der Waals surface area contributed by atoms with Gasteiger partial charge in [0, 0.05) is 0 Å². The number of phenolic OH excluding ortho intramolecular Hbond substituents is 1. The van der Waals surface area contributed by atoms with Crippen molar-refractivity contribution >= 4 is 5.97 Å². The van der Waals surface area contributed by atoms with Crippen LogP contribution < -0.4 is 4.74 Å². The molecule has 0 amide bonds. The van der Waals surface area contributed by atoms with Crippen molar-refractivity contribution in [3.63, 3.8) is 0 Å². The maximum absolute atomic E-state index is 11.7. The Bertz CT molecular complexity index is 574. The van der Waals surface area contributed by atoms with Crippen molar-refractivity contribution in [2.45, 2.75) is 37.6 Å². The number of ether oxygens (including phenoxy) is 3. The summed E-state index contributed by atoms with van der Waals surface area (Å²) in [7, 11) is 0. The lowest BCUT2D eigenvalue weighted by atomic mass is 9.99. The number of hydrogen-bond donors (Lipinski definition) is 5. The first-order valence-electron chi connectivity index (χ1n) is 7.36. The third-order valence-corrected chi connectivity index (χ3v) is 3.56. The molecule has 5 N–H and O–H groups in total. The summed E-state index contributed by atoms with van der Waals surface area (Å²) < 4.78 is 15.3. The van der Waals surface area contributed by atoms with E-state index in [1.54, 1.807) is 6.92 Å². The molecule has 0 bridgehead atoms. The van der Waals surface area contributed by atoms with E-state index in [-0.39, 0.29) is 23.7 Å². The maximum Gasteiger partial charge on any atom is 0.338 e. The van der Waals surface area contributed by atoms with Gasteiger partial charge >= 0.3 is 5.97 Å². The molecule has 5 atom stereocenters. The van der Waals surface area contributed by atoms with Gasteiger partial charge < -0.3 is 39.7 Å². The van der Waals surface area contributed by atoms with Crippen LogP contribution in [0.1, 0.15) is 17.3 Å². The fraction of sp³-hybridized carbons (Fsp3) is 0.533. The Balaban J connectivity index is 2.20. The molecule has 1 saturated heterocycles. The highest BCUT2D eigenvalue weighted by Gasteiger charge is 2.44. The van der Waals surface area contributed by atoms with Crippen molar-refractivity contribution in [3.05, 3.63) is 23.8 Å². The van der Waals surface area contributed by atoms with Gasteiger partial charge in [0.05, 0.1) is 18.8 Å². The second kappa shape index (κ2) is 7.77. The first-order valence-corrected chi connectivity index (χ1v) is 7.36. The van der Waals surface area contributed by atoms with E-state index in [0.29, 0.717) is 0 Å². The minimum atomic E-state index is -1.63. The minimum Gasteiger partial charge on any atom is -0.504 e. The van der Waals surface area contributed by atoms with Gasteiger partial charge in [0.1, 0.15) is 24.4 Å². The van der Waals surface area contributed by atoms with E-state index in [9.17, 15) is 25.2 Å². The van der Waals surface area contributed by atoms with Gasteiger partial charge in [0.2, 0.25) is 6.29 Å². The zero-order chi connectivity index (χ0) is 17.9. The number of aliphatic hydroxyl groups excluding tert-OH is 4. The molecule has 0 aromatic heterocycles. The Morgan fingerprint density at radius 3 is 2.54 bits per heavy atom. The molecule has 1 aliphatic heterocycles. The third-order valence-electron chi connectivity index (χ3n) is 3.56. The average Bonchev–Trinajstić information content (AvgIpc) is 2.57. The lowest BCUT2D eigenvalue weighted by Crippen LogP contribution is -2.60. The molecule has 1 heterocycles. The van der Waals surface area contributed by atoms with Gasteiger partial charge in [-0.3, -0.25) is 0 Å². The molecule has 9 nitrogen and oxygen atoms in total. The molecule has 1 fully saturated rings. The van der Waals surface area contributed by atoms with Gasteiger partial charge in [0.25, 0.3) is 0 Å². The Morgan fingerprint density at radius 2 is 1.92 bits per heavy atom. The third kappa shape index (κ3) is 3.77. The van der Waals surface area contributed by atoms with Gasteiger partial charge in [-0.25, -0.2) is 4.79 Å². The van der Waals surface area contributed by atoms with E-state index in [1.807, 2.05) is 0 Å². The fourth-order valence-corrected chi connectivity index (χ4v) is 2.24. The molecule has 9 heteroatoms. The van der Waals surface area contributed by atoms with Crippen LogP contribution in [0.2, 0.25) is 0 Å². The van der Waals surface area contributed by atoms with Crippen molar-refractivity contribution < 1.29 is 44.5 Å². The number of phenols is 1. The second-order valence-electron chi connectivity index (χ2n) is 5.22. The predicted molar refractivity (Wildman–Crippen MR) is 78.5 cm³/mol. The van der Waals surface area contributed by atoms with E-state index < -0.39 is 43.3 Å². The average molecular weight is 344 g/mol. The molecule has 1 unspecified atom stereocenters.